The molecule has 2 rings (SSSR count). The predicted octanol–water partition coefficient (Wildman–Crippen LogP) is 4.24. The summed E-state index contributed by atoms with van der Waals surface area (Å²) in [5, 5.41) is 0. The molecule has 1 aromatic rings. The van der Waals surface area contributed by atoms with E-state index in [0.29, 0.717) is 0 Å². The van der Waals surface area contributed by atoms with Gasteiger partial charge in [0.2, 0.25) is 0 Å². The Morgan fingerprint density at radius 1 is 1.17 bits per heavy atom. The lowest BCUT2D eigenvalue weighted by Crippen LogP contribution is -2.36. The minimum atomic E-state index is 0.723. The van der Waals surface area contributed by atoms with E-state index in [1.54, 1.807) is 0 Å². The summed E-state index contributed by atoms with van der Waals surface area (Å²) in [7, 11) is 0. The highest BCUT2D eigenvalue weighted by molar-refractivity contribution is 5.51. The molecule has 2 nitrogen and oxygen atoms in total. The lowest BCUT2D eigenvalue weighted by Gasteiger charge is -2.35. The first kappa shape index (κ1) is 13.3. The summed E-state index contributed by atoms with van der Waals surface area (Å²) in [6.07, 6.45) is 6.85. The van der Waals surface area contributed by atoms with Crippen molar-refractivity contribution in [2.75, 3.05) is 18.1 Å². The summed E-state index contributed by atoms with van der Waals surface area (Å²) < 4.78 is 5.60. The Balaban J connectivity index is 2.12. The topological polar surface area (TPSA) is 12.5 Å². The van der Waals surface area contributed by atoms with Crippen molar-refractivity contribution in [2.45, 2.75) is 52.0 Å². The van der Waals surface area contributed by atoms with Crippen LogP contribution < -0.4 is 9.64 Å². The first-order valence-corrected chi connectivity index (χ1v) is 7.34. The zero-order chi connectivity index (χ0) is 12.8. The highest BCUT2D eigenvalue weighted by atomic mass is 16.5. The van der Waals surface area contributed by atoms with E-state index in [-0.39, 0.29) is 0 Å². The fourth-order valence-electron chi connectivity index (χ4n) is 2.96. The van der Waals surface area contributed by atoms with Gasteiger partial charge < -0.3 is 9.64 Å². The van der Waals surface area contributed by atoms with Gasteiger partial charge in [-0.15, -0.1) is 0 Å². The van der Waals surface area contributed by atoms with Gasteiger partial charge in [-0.05, 0) is 38.8 Å². The molecule has 0 unspecified atom stereocenters. The molecule has 0 N–H and O–H groups in total. The monoisotopic (exact) mass is 247 g/mol. The Morgan fingerprint density at radius 2 is 1.94 bits per heavy atom. The summed E-state index contributed by atoms with van der Waals surface area (Å²) in [6.45, 7) is 6.10. The second kappa shape index (κ2) is 6.67. The number of hydrogen-bond acceptors (Lipinski definition) is 2. The van der Waals surface area contributed by atoms with Crippen LogP contribution in [0.5, 0.6) is 5.75 Å². The summed E-state index contributed by atoms with van der Waals surface area (Å²) in [6, 6.07) is 9.26. The first-order valence-electron chi connectivity index (χ1n) is 7.34. The summed E-state index contributed by atoms with van der Waals surface area (Å²) in [5.41, 5.74) is 1.32. The summed E-state index contributed by atoms with van der Waals surface area (Å²) in [5.74, 6) is 0.990. The van der Waals surface area contributed by atoms with Crippen LogP contribution in [0.4, 0.5) is 5.69 Å². The van der Waals surface area contributed by atoms with Crippen LogP contribution in [0.3, 0.4) is 0 Å². The number of ether oxygens (including phenoxy) is 1. The standard InChI is InChI=1S/C16H25NO/c1-3-17(14-9-6-5-7-10-14)15-11-8-12-16(13-15)18-4-2/h8,11-14H,3-7,9-10H2,1-2H3. The molecule has 18 heavy (non-hydrogen) atoms. The third-order valence-electron chi connectivity index (χ3n) is 3.82. The average molecular weight is 247 g/mol. The second-order valence-electron chi connectivity index (χ2n) is 5.01. The van der Waals surface area contributed by atoms with Gasteiger partial charge in [0.25, 0.3) is 0 Å². The van der Waals surface area contributed by atoms with Crippen LogP contribution in [0.25, 0.3) is 0 Å². The lowest BCUT2D eigenvalue weighted by molar-refractivity contribution is 0.340. The highest BCUT2D eigenvalue weighted by Gasteiger charge is 2.20. The van der Waals surface area contributed by atoms with Crippen LogP contribution in [0, 0.1) is 0 Å². The van der Waals surface area contributed by atoms with Crippen LogP contribution in [0.15, 0.2) is 24.3 Å². The molecule has 0 heterocycles. The molecule has 0 spiro atoms. The highest BCUT2D eigenvalue weighted by Crippen LogP contribution is 2.29. The minimum Gasteiger partial charge on any atom is -0.494 e. The molecule has 1 fully saturated rings. The van der Waals surface area contributed by atoms with E-state index in [2.05, 4.69) is 30.0 Å². The molecule has 0 aromatic heterocycles. The van der Waals surface area contributed by atoms with E-state index < -0.39 is 0 Å². The predicted molar refractivity (Wildman–Crippen MR) is 77.5 cm³/mol. The molecule has 1 saturated carbocycles. The number of benzene rings is 1. The number of rotatable bonds is 5. The van der Waals surface area contributed by atoms with Crippen molar-refractivity contribution in [1.82, 2.24) is 0 Å². The van der Waals surface area contributed by atoms with Gasteiger partial charge in [-0.3, -0.25) is 0 Å². The van der Waals surface area contributed by atoms with Gasteiger partial charge in [0, 0.05) is 24.3 Å². The first-order chi connectivity index (χ1) is 8.85. The molecule has 0 saturated heterocycles. The normalized spacial score (nSPS) is 16.6. The maximum atomic E-state index is 5.60. The molecule has 1 aliphatic carbocycles. The molecule has 0 bridgehead atoms. The van der Waals surface area contributed by atoms with Crippen LogP contribution >= 0.6 is 0 Å². The van der Waals surface area contributed by atoms with E-state index in [1.165, 1.54) is 37.8 Å². The zero-order valence-electron chi connectivity index (χ0n) is 11.7. The van der Waals surface area contributed by atoms with Gasteiger partial charge in [-0.2, -0.15) is 0 Å². The number of anilines is 1. The maximum Gasteiger partial charge on any atom is 0.121 e. The van der Waals surface area contributed by atoms with E-state index in [1.807, 2.05) is 13.0 Å². The Kier molecular flexibility index (Phi) is 4.91. The minimum absolute atomic E-state index is 0.723. The Bertz CT molecular complexity index is 358. The third-order valence-corrected chi connectivity index (χ3v) is 3.82. The van der Waals surface area contributed by atoms with Crippen LogP contribution in [0.2, 0.25) is 0 Å². The van der Waals surface area contributed by atoms with Crippen LogP contribution in [-0.2, 0) is 0 Å². The largest absolute Gasteiger partial charge is 0.494 e. The Labute approximate surface area is 111 Å². The van der Waals surface area contributed by atoms with Gasteiger partial charge in [-0.1, -0.05) is 25.3 Å². The van der Waals surface area contributed by atoms with Gasteiger partial charge in [0.05, 0.1) is 6.61 Å². The van der Waals surface area contributed by atoms with Crippen LogP contribution in [0.1, 0.15) is 46.0 Å². The SMILES string of the molecule is CCOc1cccc(N(CC)C2CCCCC2)c1. The fraction of sp³-hybridized carbons (Fsp3) is 0.625. The van der Waals surface area contributed by atoms with Gasteiger partial charge in [0.1, 0.15) is 5.75 Å². The molecular formula is C16H25NO. The number of hydrogen-bond donors (Lipinski definition) is 0. The van der Waals surface area contributed by atoms with Crippen molar-refractivity contribution in [1.29, 1.82) is 0 Å². The number of nitrogens with zero attached hydrogens (tertiary/aromatic N) is 1. The smallest absolute Gasteiger partial charge is 0.121 e. The molecule has 0 aliphatic heterocycles. The van der Waals surface area contributed by atoms with E-state index in [4.69, 9.17) is 4.74 Å². The maximum absolute atomic E-state index is 5.60. The molecule has 1 aromatic carbocycles. The van der Waals surface area contributed by atoms with E-state index in [0.717, 1.165) is 24.9 Å². The van der Waals surface area contributed by atoms with Crippen LogP contribution in [-0.4, -0.2) is 19.2 Å². The summed E-state index contributed by atoms with van der Waals surface area (Å²) in [4.78, 5) is 2.54. The summed E-state index contributed by atoms with van der Waals surface area (Å²) >= 11 is 0. The van der Waals surface area contributed by atoms with Crippen molar-refractivity contribution < 1.29 is 4.74 Å². The zero-order valence-corrected chi connectivity index (χ0v) is 11.7. The molecule has 0 radical (unpaired) electrons. The van der Waals surface area contributed by atoms with Crippen molar-refractivity contribution >= 4 is 5.69 Å². The van der Waals surface area contributed by atoms with Crippen molar-refractivity contribution in [3.8, 4) is 5.75 Å². The van der Waals surface area contributed by atoms with Gasteiger partial charge in [-0.25, -0.2) is 0 Å². The fourth-order valence-corrected chi connectivity index (χ4v) is 2.96. The van der Waals surface area contributed by atoms with Gasteiger partial charge in [0.15, 0.2) is 0 Å². The van der Waals surface area contributed by atoms with Crippen molar-refractivity contribution in [3.63, 3.8) is 0 Å². The molecule has 2 heteroatoms. The molecule has 0 atom stereocenters. The Morgan fingerprint density at radius 3 is 2.61 bits per heavy atom. The lowest BCUT2D eigenvalue weighted by atomic mass is 9.94. The van der Waals surface area contributed by atoms with Crippen molar-refractivity contribution in [3.05, 3.63) is 24.3 Å². The van der Waals surface area contributed by atoms with Crippen molar-refractivity contribution in [2.24, 2.45) is 0 Å². The van der Waals surface area contributed by atoms with E-state index in [9.17, 15) is 0 Å². The molecular weight excluding hydrogens is 222 g/mol. The second-order valence-corrected chi connectivity index (χ2v) is 5.01. The average Bonchev–Trinajstić information content (AvgIpc) is 2.42. The van der Waals surface area contributed by atoms with E-state index >= 15 is 0 Å². The van der Waals surface area contributed by atoms with Gasteiger partial charge >= 0.3 is 0 Å². The molecule has 0 amide bonds. The quantitative estimate of drug-likeness (QED) is 0.771. The molecule has 1 aliphatic rings. The third kappa shape index (κ3) is 3.18. The Hall–Kier alpha value is -1.18. The molecule has 100 valence electrons.